The molecule has 0 saturated heterocycles. The zero-order valence-electron chi connectivity index (χ0n) is 12.4. The number of anilines is 1. The number of nitrogens with one attached hydrogen (secondary N) is 1. The summed E-state index contributed by atoms with van der Waals surface area (Å²) >= 11 is 3.49. The highest BCUT2D eigenvalue weighted by atomic mass is 79.9. The second-order valence-electron chi connectivity index (χ2n) is 4.72. The second kappa shape index (κ2) is 7.98. The van der Waals surface area contributed by atoms with Gasteiger partial charge in [-0.15, -0.1) is 0 Å². The van der Waals surface area contributed by atoms with Crippen LogP contribution in [-0.4, -0.2) is 16.5 Å². The Kier molecular flexibility index (Phi) is 5.99. The molecule has 1 aromatic heterocycles. The number of para-hydroxylation sites is 1. The summed E-state index contributed by atoms with van der Waals surface area (Å²) < 4.78 is 6.89. The highest BCUT2D eigenvalue weighted by molar-refractivity contribution is 9.10. The van der Waals surface area contributed by atoms with Crippen molar-refractivity contribution < 1.29 is 4.74 Å². The van der Waals surface area contributed by atoms with Crippen molar-refractivity contribution in [3.63, 3.8) is 0 Å². The van der Waals surface area contributed by atoms with Crippen molar-refractivity contribution in [2.24, 2.45) is 0 Å². The first-order chi connectivity index (χ1) is 10.3. The first kappa shape index (κ1) is 15.8. The average Bonchev–Trinajstić information content (AvgIpc) is 2.50. The van der Waals surface area contributed by atoms with Gasteiger partial charge in [-0.1, -0.05) is 32.4 Å². The van der Waals surface area contributed by atoms with E-state index in [1.165, 1.54) is 0 Å². The van der Waals surface area contributed by atoms with Gasteiger partial charge in [0.25, 0.3) is 0 Å². The fraction of sp³-hybridized carbons (Fsp3) is 0.375. The van der Waals surface area contributed by atoms with E-state index in [4.69, 9.17) is 4.74 Å². The molecule has 112 valence electrons. The molecular weight excluding hydrogens is 330 g/mol. The van der Waals surface area contributed by atoms with Gasteiger partial charge in [0.2, 0.25) is 5.88 Å². The van der Waals surface area contributed by atoms with Crippen LogP contribution in [0.5, 0.6) is 11.6 Å². The molecule has 5 heteroatoms. The van der Waals surface area contributed by atoms with Gasteiger partial charge in [0.05, 0.1) is 10.0 Å². The zero-order chi connectivity index (χ0) is 15.1. The topological polar surface area (TPSA) is 47.0 Å². The van der Waals surface area contributed by atoms with Gasteiger partial charge in [0, 0.05) is 6.54 Å². The van der Waals surface area contributed by atoms with Crippen LogP contribution in [0.4, 0.5) is 5.82 Å². The lowest BCUT2D eigenvalue weighted by Crippen LogP contribution is -2.07. The van der Waals surface area contributed by atoms with E-state index in [0.717, 1.165) is 47.4 Å². The molecule has 2 rings (SSSR count). The molecule has 0 spiro atoms. The van der Waals surface area contributed by atoms with Gasteiger partial charge in [-0.3, -0.25) is 0 Å². The minimum Gasteiger partial charge on any atom is -0.437 e. The van der Waals surface area contributed by atoms with E-state index >= 15 is 0 Å². The van der Waals surface area contributed by atoms with Crippen molar-refractivity contribution >= 4 is 21.7 Å². The molecule has 0 aliphatic heterocycles. The third-order valence-corrected chi connectivity index (χ3v) is 3.65. The van der Waals surface area contributed by atoms with Crippen molar-refractivity contribution in [2.75, 3.05) is 11.9 Å². The summed E-state index contributed by atoms with van der Waals surface area (Å²) in [5.74, 6) is 2.25. The van der Waals surface area contributed by atoms with Crippen molar-refractivity contribution in [2.45, 2.75) is 33.1 Å². The van der Waals surface area contributed by atoms with Crippen LogP contribution in [0.2, 0.25) is 0 Å². The molecule has 0 aliphatic rings. The molecule has 1 N–H and O–H groups in total. The summed E-state index contributed by atoms with van der Waals surface area (Å²) in [6.07, 6.45) is 4.49. The first-order valence-electron chi connectivity index (χ1n) is 7.26. The van der Waals surface area contributed by atoms with Crippen molar-refractivity contribution in [3.05, 3.63) is 40.6 Å². The summed E-state index contributed by atoms with van der Waals surface area (Å²) in [5, 5.41) is 3.35. The lowest BCUT2D eigenvalue weighted by atomic mass is 10.1. The van der Waals surface area contributed by atoms with Gasteiger partial charge in [-0.25, -0.2) is 9.97 Å². The number of benzene rings is 1. The standard InChI is InChI=1S/C16H20BrN3O/c1-3-7-12-15(18-10-4-2)19-11-20-16(12)21-14-9-6-5-8-13(14)17/h5-6,8-9,11H,3-4,7,10H2,1-2H3,(H,18,19,20). The minimum absolute atomic E-state index is 0.623. The summed E-state index contributed by atoms with van der Waals surface area (Å²) in [6, 6.07) is 7.77. The largest absolute Gasteiger partial charge is 0.437 e. The van der Waals surface area contributed by atoms with Crippen LogP contribution < -0.4 is 10.1 Å². The number of nitrogens with zero attached hydrogens (tertiary/aromatic N) is 2. The van der Waals surface area contributed by atoms with Gasteiger partial charge in [-0.05, 0) is 40.9 Å². The van der Waals surface area contributed by atoms with Gasteiger partial charge in [-0.2, -0.15) is 0 Å². The highest BCUT2D eigenvalue weighted by Gasteiger charge is 2.13. The Morgan fingerprint density at radius 3 is 2.67 bits per heavy atom. The average molecular weight is 350 g/mol. The molecular formula is C16H20BrN3O. The fourth-order valence-electron chi connectivity index (χ4n) is 1.99. The Morgan fingerprint density at radius 2 is 1.95 bits per heavy atom. The van der Waals surface area contributed by atoms with Crippen LogP contribution >= 0.6 is 15.9 Å². The summed E-state index contributed by atoms with van der Waals surface area (Å²) in [4.78, 5) is 8.65. The minimum atomic E-state index is 0.623. The molecule has 0 aliphatic carbocycles. The number of ether oxygens (including phenoxy) is 1. The monoisotopic (exact) mass is 349 g/mol. The SMILES string of the molecule is CCCNc1ncnc(Oc2ccccc2Br)c1CCC. The van der Waals surface area contributed by atoms with E-state index in [2.05, 4.69) is 45.1 Å². The number of rotatable bonds is 7. The van der Waals surface area contributed by atoms with Crippen LogP contribution in [0.3, 0.4) is 0 Å². The van der Waals surface area contributed by atoms with Crippen LogP contribution in [0.1, 0.15) is 32.3 Å². The predicted molar refractivity (Wildman–Crippen MR) is 89.0 cm³/mol. The summed E-state index contributed by atoms with van der Waals surface area (Å²) in [6.45, 7) is 5.16. The Balaban J connectivity index is 2.31. The maximum Gasteiger partial charge on any atom is 0.227 e. The molecule has 0 radical (unpaired) electrons. The maximum absolute atomic E-state index is 5.98. The summed E-state index contributed by atoms with van der Waals surface area (Å²) in [7, 11) is 0. The molecule has 21 heavy (non-hydrogen) atoms. The molecule has 2 aromatic rings. The van der Waals surface area contributed by atoms with E-state index < -0.39 is 0 Å². The van der Waals surface area contributed by atoms with E-state index in [9.17, 15) is 0 Å². The third kappa shape index (κ3) is 4.17. The van der Waals surface area contributed by atoms with Crippen molar-refractivity contribution in [1.29, 1.82) is 0 Å². The Labute approximate surface area is 134 Å². The number of hydrogen-bond acceptors (Lipinski definition) is 4. The predicted octanol–water partition coefficient (Wildman–Crippen LogP) is 4.81. The van der Waals surface area contributed by atoms with E-state index in [1.54, 1.807) is 6.33 Å². The normalized spacial score (nSPS) is 10.4. The second-order valence-corrected chi connectivity index (χ2v) is 5.57. The molecule has 1 heterocycles. The van der Waals surface area contributed by atoms with Gasteiger partial charge in [0.15, 0.2) is 0 Å². The Bertz CT molecular complexity index is 589. The summed E-state index contributed by atoms with van der Waals surface area (Å²) in [5.41, 5.74) is 1.03. The maximum atomic E-state index is 5.98. The number of aromatic nitrogens is 2. The van der Waals surface area contributed by atoms with Crippen LogP contribution in [0.25, 0.3) is 0 Å². The smallest absolute Gasteiger partial charge is 0.227 e. The molecule has 0 atom stereocenters. The van der Waals surface area contributed by atoms with Crippen LogP contribution in [0.15, 0.2) is 35.1 Å². The highest BCUT2D eigenvalue weighted by Crippen LogP contribution is 2.32. The molecule has 0 fully saturated rings. The zero-order valence-corrected chi connectivity index (χ0v) is 14.0. The Hall–Kier alpha value is -1.62. The van der Waals surface area contributed by atoms with Gasteiger partial charge >= 0.3 is 0 Å². The molecule has 4 nitrogen and oxygen atoms in total. The van der Waals surface area contributed by atoms with Crippen molar-refractivity contribution in [3.8, 4) is 11.6 Å². The van der Waals surface area contributed by atoms with Crippen molar-refractivity contribution in [1.82, 2.24) is 9.97 Å². The first-order valence-corrected chi connectivity index (χ1v) is 8.05. The number of hydrogen-bond donors (Lipinski definition) is 1. The molecule has 0 saturated carbocycles. The molecule has 1 aromatic carbocycles. The third-order valence-electron chi connectivity index (χ3n) is 2.99. The molecule has 0 bridgehead atoms. The number of halogens is 1. The van der Waals surface area contributed by atoms with E-state index in [1.807, 2.05) is 24.3 Å². The van der Waals surface area contributed by atoms with E-state index in [-0.39, 0.29) is 0 Å². The van der Waals surface area contributed by atoms with Gasteiger partial charge in [0.1, 0.15) is 17.9 Å². The fourth-order valence-corrected chi connectivity index (χ4v) is 2.35. The lowest BCUT2D eigenvalue weighted by Gasteiger charge is -2.14. The molecule has 0 unspecified atom stereocenters. The van der Waals surface area contributed by atoms with Crippen LogP contribution in [0, 0.1) is 0 Å². The van der Waals surface area contributed by atoms with Crippen LogP contribution in [-0.2, 0) is 6.42 Å². The quantitative estimate of drug-likeness (QED) is 0.779. The molecule has 0 amide bonds. The Morgan fingerprint density at radius 1 is 1.14 bits per heavy atom. The van der Waals surface area contributed by atoms with E-state index in [0.29, 0.717) is 5.88 Å². The lowest BCUT2D eigenvalue weighted by molar-refractivity contribution is 0.451. The van der Waals surface area contributed by atoms with Gasteiger partial charge < -0.3 is 10.1 Å².